The Balaban J connectivity index is 2.42. The number of aliphatic hydroxyl groups is 1. The second-order valence-corrected chi connectivity index (χ2v) is 4.42. The van der Waals surface area contributed by atoms with E-state index in [4.69, 9.17) is 9.63 Å². The third-order valence-corrected chi connectivity index (χ3v) is 2.79. The van der Waals surface area contributed by atoms with Gasteiger partial charge in [0.05, 0.1) is 6.61 Å². The van der Waals surface area contributed by atoms with Crippen molar-refractivity contribution in [2.45, 2.75) is 6.61 Å². The lowest BCUT2D eigenvalue weighted by Gasteiger charge is -2.03. The number of benzene rings is 1. The number of aliphatic hydroxyl groups excluding tert-OH is 1. The van der Waals surface area contributed by atoms with Crippen LogP contribution >= 0.6 is 22.6 Å². The molecular weight excluding hydrogens is 304 g/mol. The molecule has 2 aromatic rings. The first-order valence-corrected chi connectivity index (χ1v) is 5.61. The maximum atomic E-state index is 9.05. The van der Waals surface area contributed by atoms with Crippen LogP contribution in [-0.2, 0) is 6.61 Å². The van der Waals surface area contributed by atoms with Crippen molar-refractivity contribution in [2.75, 3.05) is 0 Å². The van der Waals surface area contributed by atoms with Crippen LogP contribution in [-0.4, -0.2) is 18.1 Å². The Kier molecular flexibility index (Phi) is 3.11. The standard InChI is InChI=1S/C10H9BINO2/c11-8-3-6(1-2-7(8)5-14)9-4-10(12)13-15-9/h1-4,14H,5,11H2. The molecule has 0 radical (unpaired) electrons. The van der Waals surface area contributed by atoms with Crippen LogP contribution in [0.2, 0.25) is 0 Å². The zero-order valence-corrected chi connectivity index (χ0v) is 10.4. The molecule has 3 nitrogen and oxygen atoms in total. The molecule has 0 atom stereocenters. The molecular formula is C10H9BINO2. The molecule has 5 heteroatoms. The minimum absolute atomic E-state index is 0.0695. The van der Waals surface area contributed by atoms with E-state index >= 15 is 0 Å². The molecule has 0 fully saturated rings. The Bertz CT molecular complexity index is 484. The van der Waals surface area contributed by atoms with Crippen LogP contribution in [0.4, 0.5) is 0 Å². The van der Waals surface area contributed by atoms with Gasteiger partial charge in [-0.15, -0.1) is 0 Å². The lowest BCUT2D eigenvalue weighted by Crippen LogP contribution is -2.09. The summed E-state index contributed by atoms with van der Waals surface area (Å²) in [5, 5.41) is 12.9. The van der Waals surface area contributed by atoms with Crippen molar-refractivity contribution in [1.82, 2.24) is 5.16 Å². The largest absolute Gasteiger partial charge is 0.392 e. The second-order valence-electron chi connectivity index (χ2n) is 3.31. The molecule has 0 bridgehead atoms. The molecule has 1 aromatic carbocycles. The van der Waals surface area contributed by atoms with Crippen molar-refractivity contribution >= 4 is 35.9 Å². The van der Waals surface area contributed by atoms with Crippen LogP contribution < -0.4 is 5.46 Å². The lowest BCUT2D eigenvalue weighted by molar-refractivity contribution is 0.283. The van der Waals surface area contributed by atoms with E-state index < -0.39 is 0 Å². The fourth-order valence-corrected chi connectivity index (χ4v) is 1.80. The first-order valence-electron chi connectivity index (χ1n) is 4.53. The molecule has 0 saturated heterocycles. The van der Waals surface area contributed by atoms with Gasteiger partial charge in [-0.05, 0) is 28.2 Å². The molecule has 0 aliphatic rings. The third kappa shape index (κ3) is 2.23. The predicted molar refractivity (Wildman–Crippen MR) is 68.8 cm³/mol. The van der Waals surface area contributed by atoms with E-state index in [2.05, 4.69) is 27.7 Å². The van der Waals surface area contributed by atoms with E-state index in [9.17, 15) is 0 Å². The van der Waals surface area contributed by atoms with Gasteiger partial charge < -0.3 is 9.63 Å². The van der Waals surface area contributed by atoms with E-state index in [1.54, 1.807) is 0 Å². The van der Waals surface area contributed by atoms with Crippen LogP contribution in [0.5, 0.6) is 0 Å². The molecule has 0 aliphatic carbocycles. The Hall–Kier alpha value is -0.815. The minimum Gasteiger partial charge on any atom is -0.392 e. The van der Waals surface area contributed by atoms with Gasteiger partial charge in [0.25, 0.3) is 0 Å². The fraction of sp³-hybridized carbons (Fsp3) is 0.100. The molecule has 15 heavy (non-hydrogen) atoms. The molecule has 2 rings (SSSR count). The number of nitrogens with zero attached hydrogens (tertiary/aromatic N) is 1. The summed E-state index contributed by atoms with van der Waals surface area (Å²) in [5.41, 5.74) is 2.98. The molecule has 0 aliphatic heterocycles. The van der Waals surface area contributed by atoms with E-state index in [0.29, 0.717) is 0 Å². The maximum absolute atomic E-state index is 9.05. The molecule has 1 heterocycles. The van der Waals surface area contributed by atoms with Gasteiger partial charge in [0.15, 0.2) is 5.76 Å². The highest BCUT2D eigenvalue weighted by Gasteiger charge is 2.06. The summed E-state index contributed by atoms with van der Waals surface area (Å²) in [7, 11) is 1.97. The topological polar surface area (TPSA) is 46.3 Å². The first kappa shape index (κ1) is 10.7. The van der Waals surface area contributed by atoms with Gasteiger partial charge in [-0.1, -0.05) is 28.8 Å². The predicted octanol–water partition coefficient (Wildman–Crippen LogP) is 0.697. The Morgan fingerprint density at radius 1 is 1.40 bits per heavy atom. The highest BCUT2D eigenvalue weighted by molar-refractivity contribution is 14.1. The summed E-state index contributed by atoms with van der Waals surface area (Å²) in [6.45, 7) is 0.0695. The number of aromatic nitrogens is 1. The molecule has 0 spiro atoms. The summed E-state index contributed by atoms with van der Waals surface area (Å²) in [4.78, 5) is 0. The average Bonchev–Trinajstić information content (AvgIpc) is 2.65. The van der Waals surface area contributed by atoms with Crippen LogP contribution in [0.1, 0.15) is 5.56 Å². The van der Waals surface area contributed by atoms with Gasteiger partial charge in [-0.2, -0.15) is 0 Å². The van der Waals surface area contributed by atoms with Gasteiger partial charge in [0.2, 0.25) is 0 Å². The Labute approximate surface area is 102 Å². The summed E-state index contributed by atoms with van der Waals surface area (Å²) in [6, 6.07) is 7.70. The zero-order chi connectivity index (χ0) is 10.8. The van der Waals surface area contributed by atoms with Crippen molar-refractivity contribution in [2.24, 2.45) is 0 Å². The highest BCUT2D eigenvalue weighted by atomic mass is 127. The van der Waals surface area contributed by atoms with Crippen molar-refractivity contribution < 1.29 is 9.63 Å². The average molecular weight is 313 g/mol. The number of rotatable bonds is 2. The molecule has 1 N–H and O–H groups in total. The van der Waals surface area contributed by atoms with Crippen molar-refractivity contribution in [3.8, 4) is 11.3 Å². The number of hydrogen-bond acceptors (Lipinski definition) is 3. The lowest BCUT2D eigenvalue weighted by atomic mass is 9.89. The van der Waals surface area contributed by atoms with Gasteiger partial charge >= 0.3 is 0 Å². The van der Waals surface area contributed by atoms with E-state index in [-0.39, 0.29) is 6.61 Å². The minimum atomic E-state index is 0.0695. The van der Waals surface area contributed by atoms with Gasteiger partial charge in [-0.25, -0.2) is 0 Å². The number of halogens is 1. The zero-order valence-electron chi connectivity index (χ0n) is 8.20. The monoisotopic (exact) mass is 313 g/mol. The summed E-state index contributed by atoms with van der Waals surface area (Å²) >= 11 is 2.11. The SMILES string of the molecule is Bc1cc(-c2cc(I)no2)ccc1CO. The maximum Gasteiger partial charge on any atom is 0.167 e. The second kappa shape index (κ2) is 4.36. The van der Waals surface area contributed by atoms with Gasteiger partial charge in [0.1, 0.15) is 11.5 Å². The van der Waals surface area contributed by atoms with E-state index in [0.717, 1.165) is 26.1 Å². The normalized spacial score (nSPS) is 10.5. The van der Waals surface area contributed by atoms with Crippen molar-refractivity contribution in [3.05, 3.63) is 33.5 Å². The summed E-state index contributed by atoms with van der Waals surface area (Å²) in [6.07, 6.45) is 0. The first-order chi connectivity index (χ1) is 7.20. The van der Waals surface area contributed by atoms with Gasteiger partial charge in [0, 0.05) is 11.6 Å². The van der Waals surface area contributed by atoms with Gasteiger partial charge in [-0.3, -0.25) is 0 Å². The highest BCUT2D eigenvalue weighted by Crippen LogP contribution is 2.20. The summed E-state index contributed by atoms with van der Waals surface area (Å²) in [5.74, 6) is 0.756. The Morgan fingerprint density at radius 3 is 2.73 bits per heavy atom. The quantitative estimate of drug-likeness (QED) is 0.656. The molecule has 1 aromatic heterocycles. The van der Waals surface area contributed by atoms with Crippen molar-refractivity contribution in [1.29, 1.82) is 0 Å². The third-order valence-electron chi connectivity index (χ3n) is 2.28. The van der Waals surface area contributed by atoms with Crippen LogP contribution in [0.15, 0.2) is 28.8 Å². The van der Waals surface area contributed by atoms with Crippen LogP contribution in [0.25, 0.3) is 11.3 Å². The fourth-order valence-electron chi connectivity index (χ4n) is 1.42. The smallest absolute Gasteiger partial charge is 0.167 e. The molecule has 0 saturated carbocycles. The van der Waals surface area contributed by atoms with E-state index in [1.807, 2.05) is 32.1 Å². The van der Waals surface area contributed by atoms with E-state index in [1.165, 1.54) is 0 Å². The molecule has 0 amide bonds. The molecule has 76 valence electrons. The number of hydrogen-bond donors (Lipinski definition) is 1. The van der Waals surface area contributed by atoms with Crippen LogP contribution in [0.3, 0.4) is 0 Å². The van der Waals surface area contributed by atoms with Crippen molar-refractivity contribution in [3.63, 3.8) is 0 Å². The molecule has 0 unspecified atom stereocenters. The van der Waals surface area contributed by atoms with Crippen LogP contribution in [0, 0.1) is 3.70 Å². The summed E-state index contributed by atoms with van der Waals surface area (Å²) < 4.78 is 6.00. The Morgan fingerprint density at radius 2 is 2.20 bits per heavy atom.